The van der Waals surface area contributed by atoms with E-state index in [0.29, 0.717) is 29.5 Å². The van der Waals surface area contributed by atoms with Crippen LogP contribution in [-0.4, -0.2) is 76.5 Å². The van der Waals surface area contributed by atoms with E-state index in [1.54, 1.807) is 25.3 Å². The van der Waals surface area contributed by atoms with Crippen molar-refractivity contribution in [3.8, 4) is 11.8 Å². The van der Waals surface area contributed by atoms with E-state index < -0.39 is 5.82 Å². The van der Waals surface area contributed by atoms with Crippen molar-refractivity contribution in [3.05, 3.63) is 47.5 Å². The minimum atomic E-state index is -0.446. The van der Waals surface area contributed by atoms with Crippen LogP contribution in [0.3, 0.4) is 0 Å². The first kappa shape index (κ1) is 23.7. The molecule has 2 fully saturated rings. The van der Waals surface area contributed by atoms with Crippen molar-refractivity contribution in [2.24, 2.45) is 0 Å². The van der Waals surface area contributed by atoms with Gasteiger partial charge in [0.1, 0.15) is 11.6 Å². The van der Waals surface area contributed by atoms with Crippen molar-refractivity contribution < 1.29 is 13.9 Å². The normalized spacial score (nSPS) is 16.5. The lowest BCUT2D eigenvalue weighted by molar-refractivity contribution is 0.144. The van der Waals surface area contributed by atoms with Gasteiger partial charge in [-0.2, -0.15) is 15.1 Å². The molecular weight excluding hydrogens is 475 g/mol. The fraction of sp³-hybridized carbons (Fsp3) is 0.423. The second-order valence-corrected chi connectivity index (χ2v) is 9.72. The largest absolute Gasteiger partial charge is 0.421 e. The minimum absolute atomic E-state index is 0.0743. The third kappa shape index (κ3) is 5.23. The quantitative estimate of drug-likeness (QED) is 0.308. The molecule has 1 saturated heterocycles. The zero-order chi connectivity index (χ0) is 25.4. The molecule has 0 bridgehead atoms. The Labute approximate surface area is 214 Å². The summed E-state index contributed by atoms with van der Waals surface area (Å²) in [5.74, 6) is 2.13. The number of hydrogen-bond donors (Lipinski definition) is 3. The Kier molecular flexibility index (Phi) is 6.39. The number of rotatable bonds is 9. The number of piperazine rings is 1. The molecule has 4 aromatic rings. The summed E-state index contributed by atoms with van der Waals surface area (Å²) in [5, 5.41) is 11.2. The van der Waals surface area contributed by atoms with Crippen LogP contribution in [0, 0.1) is 12.7 Å². The van der Waals surface area contributed by atoms with Gasteiger partial charge in [0, 0.05) is 80.2 Å². The Balaban J connectivity index is 1.27. The molecule has 0 amide bonds. The van der Waals surface area contributed by atoms with Gasteiger partial charge in [-0.25, -0.2) is 4.39 Å². The van der Waals surface area contributed by atoms with Crippen LogP contribution in [0.1, 0.15) is 30.1 Å². The summed E-state index contributed by atoms with van der Waals surface area (Å²) in [4.78, 5) is 16.9. The number of anilines is 3. The van der Waals surface area contributed by atoms with E-state index in [2.05, 4.69) is 40.3 Å². The molecule has 1 saturated carbocycles. The zero-order valence-electron chi connectivity index (χ0n) is 21.1. The summed E-state index contributed by atoms with van der Waals surface area (Å²) in [6.07, 6.45) is 2.37. The standard InChI is InChI=1S/C26H31FN8O2/c1-16-13-18-19(28-16)5-6-21(25(18)27)37-26-30-22(29-23-14-20(32-33-23)17-3-4-17)15-24(31-26)35-9-7-34(8-10-35)11-12-36-2/h5-6,13-15,17,28H,3-4,7-12H2,1-2H3,(H2,29,30,31,32,33). The van der Waals surface area contributed by atoms with Crippen molar-refractivity contribution in [1.29, 1.82) is 0 Å². The fourth-order valence-electron chi connectivity index (χ4n) is 4.71. The van der Waals surface area contributed by atoms with E-state index in [1.807, 2.05) is 19.1 Å². The molecule has 0 radical (unpaired) electrons. The molecular formula is C26H31FN8O2. The average Bonchev–Trinajstić information content (AvgIpc) is 3.53. The minimum Gasteiger partial charge on any atom is -0.421 e. The number of aryl methyl sites for hydroxylation is 1. The highest BCUT2D eigenvalue weighted by Crippen LogP contribution is 2.40. The highest BCUT2D eigenvalue weighted by atomic mass is 19.1. The van der Waals surface area contributed by atoms with Gasteiger partial charge in [0.05, 0.1) is 6.61 Å². The van der Waals surface area contributed by atoms with Crippen LogP contribution in [0.25, 0.3) is 10.9 Å². The van der Waals surface area contributed by atoms with E-state index in [9.17, 15) is 0 Å². The van der Waals surface area contributed by atoms with E-state index in [-0.39, 0.29) is 11.8 Å². The monoisotopic (exact) mass is 506 g/mol. The first-order chi connectivity index (χ1) is 18.1. The van der Waals surface area contributed by atoms with Crippen LogP contribution in [0.15, 0.2) is 30.3 Å². The highest BCUT2D eigenvalue weighted by Gasteiger charge is 2.26. The molecule has 1 aromatic carbocycles. The SMILES string of the molecule is COCCN1CCN(c2cc(Nc3cc(C4CC4)[nH]n3)nc(Oc3ccc4[nH]c(C)cc4c3F)n2)CC1. The Morgan fingerprint density at radius 1 is 1.08 bits per heavy atom. The molecule has 4 heterocycles. The highest BCUT2D eigenvalue weighted by molar-refractivity contribution is 5.82. The third-order valence-corrected chi connectivity index (χ3v) is 6.91. The number of halogens is 1. The van der Waals surface area contributed by atoms with Crippen molar-refractivity contribution in [3.63, 3.8) is 0 Å². The van der Waals surface area contributed by atoms with Gasteiger partial charge in [-0.15, -0.1) is 0 Å². The predicted molar refractivity (Wildman–Crippen MR) is 139 cm³/mol. The lowest BCUT2D eigenvalue weighted by atomic mass is 10.2. The summed E-state index contributed by atoms with van der Waals surface area (Å²) in [6, 6.07) is 9.13. The summed E-state index contributed by atoms with van der Waals surface area (Å²) >= 11 is 0. The first-order valence-corrected chi connectivity index (χ1v) is 12.7. The van der Waals surface area contributed by atoms with Crippen molar-refractivity contribution in [1.82, 2.24) is 30.0 Å². The molecule has 3 aromatic heterocycles. The molecule has 0 spiro atoms. The van der Waals surface area contributed by atoms with Gasteiger partial charge in [-0.05, 0) is 38.0 Å². The molecule has 0 atom stereocenters. The fourth-order valence-corrected chi connectivity index (χ4v) is 4.71. The number of fused-ring (bicyclic) bond motifs is 1. The van der Waals surface area contributed by atoms with Gasteiger partial charge in [0.25, 0.3) is 0 Å². The number of methoxy groups -OCH3 is 1. The van der Waals surface area contributed by atoms with Gasteiger partial charge < -0.3 is 24.7 Å². The van der Waals surface area contributed by atoms with Gasteiger partial charge in [-0.1, -0.05) is 0 Å². The number of nitrogens with one attached hydrogen (secondary N) is 3. The summed E-state index contributed by atoms with van der Waals surface area (Å²) < 4.78 is 26.4. The smallest absolute Gasteiger partial charge is 0.326 e. The van der Waals surface area contributed by atoms with Crippen LogP contribution in [-0.2, 0) is 4.74 Å². The molecule has 0 unspecified atom stereocenters. The van der Waals surface area contributed by atoms with Gasteiger partial charge in [0.2, 0.25) is 0 Å². The number of ether oxygens (including phenoxy) is 2. The zero-order valence-corrected chi connectivity index (χ0v) is 21.1. The molecule has 1 aliphatic heterocycles. The summed E-state index contributed by atoms with van der Waals surface area (Å²) in [5.41, 5.74) is 2.72. The van der Waals surface area contributed by atoms with Crippen LogP contribution in [0.4, 0.5) is 21.8 Å². The van der Waals surface area contributed by atoms with Crippen molar-refractivity contribution >= 4 is 28.4 Å². The van der Waals surface area contributed by atoms with E-state index in [4.69, 9.17) is 9.47 Å². The molecule has 3 N–H and O–H groups in total. The van der Waals surface area contributed by atoms with Gasteiger partial charge in [-0.3, -0.25) is 10.00 Å². The van der Waals surface area contributed by atoms with Crippen LogP contribution in [0.2, 0.25) is 0 Å². The summed E-state index contributed by atoms with van der Waals surface area (Å²) in [7, 11) is 1.72. The molecule has 194 valence electrons. The number of H-pyrrole nitrogens is 2. The third-order valence-electron chi connectivity index (χ3n) is 6.91. The second kappa shape index (κ2) is 9.98. The Morgan fingerprint density at radius 3 is 2.70 bits per heavy atom. The van der Waals surface area contributed by atoms with E-state index >= 15 is 4.39 Å². The lowest BCUT2D eigenvalue weighted by Crippen LogP contribution is -2.47. The molecule has 2 aliphatic rings. The number of nitrogens with zero attached hydrogens (tertiary/aromatic N) is 5. The second-order valence-electron chi connectivity index (χ2n) is 9.72. The van der Waals surface area contributed by atoms with Gasteiger partial charge >= 0.3 is 6.01 Å². The predicted octanol–water partition coefficient (Wildman–Crippen LogP) is 4.31. The van der Waals surface area contributed by atoms with Crippen molar-refractivity contribution in [2.75, 3.05) is 56.7 Å². The Bertz CT molecular complexity index is 1390. The van der Waals surface area contributed by atoms with Gasteiger partial charge in [0.15, 0.2) is 17.4 Å². The number of benzene rings is 1. The van der Waals surface area contributed by atoms with Crippen LogP contribution >= 0.6 is 0 Å². The number of aromatic amines is 2. The first-order valence-electron chi connectivity index (χ1n) is 12.7. The van der Waals surface area contributed by atoms with E-state index in [0.717, 1.165) is 55.4 Å². The Hall–Kier alpha value is -3.70. The summed E-state index contributed by atoms with van der Waals surface area (Å²) in [6.45, 7) is 6.90. The molecule has 6 rings (SSSR count). The number of aromatic nitrogens is 5. The number of hydrogen-bond acceptors (Lipinski definition) is 8. The topological polar surface area (TPSA) is 107 Å². The molecule has 1 aliphatic carbocycles. The van der Waals surface area contributed by atoms with E-state index in [1.165, 1.54) is 12.8 Å². The average molecular weight is 507 g/mol. The lowest BCUT2D eigenvalue weighted by Gasteiger charge is -2.35. The maximum atomic E-state index is 15.2. The van der Waals surface area contributed by atoms with Crippen LogP contribution < -0.4 is 15.0 Å². The van der Waals surface area contributed by atoms with Crippen molar-refractivity contribution in [2.45, 2.75) is 25.7 Å². The van der Waals surface area contributed by atoms with Crippen LogP contribution in [0.5, 0.6) is 11.8 Å². The molecule has 37 heavy (non-hydrogen) atoms. The maximum Gasteiger partial charge on any atom is 0.326 e. The molecule has 11 heteroatoms. The molecule has 10 nitrogen and oxygen atoms in total. The maximum absolute atomic E-state index is 15.2. The Morgan fingerprint density at radius 2 is 1.92 bits per heavy atom.